The van der Waals surface area contributed by atoms with Crippen LogP contribution in [0.4, 0.5) is 0 Å². The molecule has 0 aliphatic carbocycles. The van der Waals surface area contributed by atoms with Gasteiger partial charge >= 0.3 is 0 Å². The van der Waals surface area contributed by atoms with Crippen molar-refractivity contribution in [3.63, 3.8) is 0 Å². The number of nitrogens with zero attached hydrogens (tertiary/aromatic N) is 4. The molecule has 12 rings (SSSR count). The van der Waals surface area contributed by atoms with Crippen LogP contribution in [0.3, 0.4) is 0 Å². The van der Waals surface area contributed by atoms with Gasteiger partial charge in [-0.3, -0.25) is 0 Å². The van der Waals surface area contributed by atoms with E-state index in [2.05, 4.69) is 187 Å². The third-order valence-corrected chi connectivity index (χ3v) is 11.9. The first-order valence-electron chi connectivity index (χ1n) is 20.8. The Balaban J connectivity index is 0.970. The summed E-state index contributed by atoms with van der Waals surface area (Å²) in [4.78, 5) is 15.1. The van der Waals surface area contributed by atoms with E-state index in [1.807, 2.05) is 36.4 Å². The van der Waals surface area contributed by atoms with Crippen LogP contribution in [0.2, 0.25) is 0 Å². The molecule has 0 amide bonds. The first-order chi connectivity index (χ1) is 30.7. The van der Waals surface area contributed by atoms with Crippen LogP contribution in [0, 0.1) is 0 Å². The third kappa shape index (κ3) is 6.14. The smallest absolute Gasteiger partial charge is 0.164 e. The lowest BCUT2D eigenvalue weighted by molar-refractivity contribution is 0.670. The fraction of sp³-hybridized carbons (Fsp3) is 0. The molecule has 5 nitrogen and oxygen atoms in total. The molecule has 0 saturated heterocycles. The van der Waals surface area contributed by atoms with Crippen molar-refractivity contribution < 1.29 is 4.42 Å². The summed E-state index contributed by atoms with van der Waals surface area (Å²) in [5, 5.41) is 4.48. The lowest BCUT2D eigenvalue weighted by atomic mass is 9.99. The highest BCUT2D eigenvalue weighted by molar-refractivity contribution is 6.14. The van der Waals surface area contributed by atoms with Crippen LogP contribution < -0.4 is 0 Å². The van der Waals surface area contributed by atoms with Crippen molar-refractivity contribution in [1.29, 1.82) is 0 Å². The number of benzene rings is 9. The second-order valence-electron chi connectivity index (χ2n) is 15.6. The molecule has 0 unspecified atom stereocenters. The Morgan fingerprint density at radius 1 is 0.306 bits per heavy atom. The molecular weight excluding hydrogens is 757 g/mol. The van der Waals surface area contributed by atoms with Gasteiger partial charge < -0.3 is 8.98 Å². The Kier molecular flexibility index (Phi) is 8.42. The zero-order valence-electron chi connectivity index (χ0n) is 33.5. The SMILES string of the molecule is c1ccc(-c2ccc(-c3nc(-c4ccccc4)nc(-c4ccc5c(c4)oc4c(-c6ccc7c(c6)c6ccc(-c8ccccc8)cc6n7-c6ccccc6)cccc45)n3)cc2)cc1. The largest absolute Gasteiger partial charge is 0.455 e. The van der Waals surface area contributed by atoms with Crippen molar-refractivity contribution in [2.24, 2.45) is 0 Å². The van der Waals surface area contributed by atoms with E-state index in [0.717, 1.165) is 72.1 Å². The summed E-state index contributed by atoms with van der Waals surface area (Å²) in [6.45, 7) is 0. The first kappa shape index (κ1) is 35.5. The van der Waals surface area contributed by atoms with Crippen molar-refractivity contribution in [2.45, 2.75) is 0 Å². The molecule has 0 bridgehead atoms. The quantitative estimate of drug-likeness (QED) is 0.161. The van der Waals surface area contributed by atoms with Crippen LogP contribution in [0.25, 0.3) is 117 Å². The molecule has 0 aliphatic heterocycles. The molecule has 3 aromatic heterocycles. The van der Waals surface area contributed by atoms with E-state index in [4.69, 9.17) is 19.4 Å². The number of hydrogen-bond acceptors (Lipinski definition) is 4. The number of fused-ring (bicyclic) bond motifs is 6. The van der Waals surface area contributed by atoms with Crippen molar-refractivity contribution >= 4 is 43.7 Å². The monoisotopic (exact) mass is 792 g/mol. The van der Waals surface area contributed by atoms with E-state index >= 15 is 0 Å². The second-order valence-corrected chi connectivity index (χ2v) is 15.6. The molecule has 9 aromatic carbocycles. The van der Waals surface area contributed by atoms with Crippen LogP contribution in [-0.2, 0) is 0 Å². The standard InChI is InChI=1S/C57H36N4O/c1-5-14-37(15-6-1)39-24-26-41(27-25-39)56-58-55(40-18-9-3-10-19-40)59-57(60-56)44-29-32-48-49-23-13-22-46(54(49)62-53(48)36-44)43-30-33-51-50(34-43)47-31-28-42(38-16-7-2-8-17-38)35-52(47)61(51)45-20-11-4-12-21-45/h1-36H. The predicted molar refractivity (Wildman–Crippen MR) is 254 cm³/mol. The molecule has 0 aliphatic rings. The highest BCUT2D eigenvalue weighted by atomic mass is 16.3. The fourth-order valence-electron chi connectivity index (χ4n) is 8.81. The Bertz CT molecular complexity index is 3600. The zero-order chi connectivity index (χ0) is 41.0. The predicted octanol–water partition coefficient (Wildman–Crippen LogP) is 14.9. The maximum atomic E-state index is 6.85. The fourth-order valence-corrected chi connectivity index (χ4v) is 8.81. The van der Waals surface area contributed by atoms with Gasteiger partial charge in [-0.15, -0.1) is 0 Å². The van der Waals surface area contributed by atoms with Gasteiger partial charge in [0.05, 0.1) is 11.0 Å². The van der Waals surface area contributed by atoms with Gasteiger partial charge in [0.25, 0.3) is 0 Å². The topological polar surface area (TPSA) is 56.7 Å². The Labute approximate surface area is 357 Å². The van der Waals surface area contributed by atoms with Crippen LogP contribution in [0.1, 0.15) is 0 Å². The van der Waals surface area contributed by atoms with E-state index in [1.165, 1.54) is 27.4 Å². The summed E-state index contributed by atoms with van der Waals surface area (Å²) in [5.41, 5.74) is 14.6. The minimum atomic E-state index is 0.583. The van der Waals surface area contributed by atoms with E-state index in [0.29, 0.717) is 17.5 Å². The van der Waals surface area contributed by atoms with E-state index in [9.17, 15) is 0 Å². The molecule has 3 heterocycles. The molecule has 0 radical (unpaired) electrons. The van der Waals surface area contributed by atoms with Gasteiger partial charge in [0.15, 0.2) is 17.5 Å². The molecule has 0 N–H and O–H groups in total. The van der Waals surface area contributed by atoms with Crippen molar-refractivity contribution in [3.05, 3.63) is 218 Å². The Hall–Kier alpha value is -8.41. The van der Waals surface area contributed by atoms with Gasteiger partial charge in [0.1, 0.15) is 11.2 Å². The maximum absolute atomic E-state index is 6.85. The molecule has 0 atom stereocenters. The lowest BCUT2D eigenvalue weighted by Crippen LogP contribution is -2.00. The first-order valence-corrected chi connectivity index (χ1v) is 20.8. The van der Waals surface area contributed by atoms with Gasteiger partial charge in [-0.25, -0.2) is 15.0 Å². The van der Waals surface area contributed by atoms with Crippen molar-refractivity contribution in [2.75, 3.05) is 0 Å². The minimum absolute atomic E-state index is 0.583. The lowest BCUT2D eigenvalue weighted by Gasteiger charge is -2.09. The molecule has 290 valence electrons. The number of rotatable bonds is 7. The number of aromatic nitrogens is 4. The molecule has 62 heavy (non-hydrogen) atoms. The average molecular weight is 793 g/mol. The molecule has 0 spiro atoms. The van der Waals surface area contributed by atoms with Crippen LogP contribution in [0.15, 0.2) is 223 Å². The Morgan fingerprint density at radius 2 is 0.823 bits per heavy atom. The van der Waals surface area contributed by atoms with Crippen LogP contribution in [-0.4, -0.2) is 19.5 Å². The second kappa shape index (κ2) is 14.7. The average Bonchev–Trinajstić information content (AvgIpc) is 3.90. The molecule has 5 heteroatoms. The summed E-state index contributed by atoms with van der Waals surface area (Å²) in [5.74, 6) is 1.81. The number of furan rings is 1. The Morgan fingerprint density at radius 3 is 1.52 bits per heavy atom. The highest BCUT2D eigenvalue weighted by Crippen LogP contribution is 2.41. The summed E-state index contributed by atoms with van der Waals surface area (Å²) >= 11 is 0. The summed E-state index contributed by atoms with van der Waals surface area (Å²) in [6, 6.07) is 76.4. The van der Waals surface area contributed by atoms with Crippen LogP contribution in [0.5, 0.6) is 0 Å². The van der Waals surface area contributed by atoms with Crippen LogP contribution >= 0.6 is 0 Å². The summed E-state index contributed by atoms with van der Waals surface area (Å²) in [6.07, 6.45) is 0. The van der Waals surface area contributed by atoms with Gasteiger partial charge in [-0.1, -0.05) is 176 Å². The highest BCUT2D eigenvalue weighted by Gasteiger charge is 2.19. The molecule has 12 aromatic rings. The van der Waals surface area contributed by atoms with Crippen molar-refractivity contribution in [3.8, 4) is 73.2 Å². The normalized spacial score (nSPS) is 11.5. The van der Waals surface area contributed by atoms with Crippen molar-refractivity contribution in [1.82, 2.24) is 19.5 Å². The van der Waals surface area contributed by atoms with Gasteiger partial charge in [0.2, 0.25) is 0 Å². The van der Waals surface area contributed by atoms with E-state index < -0.39 is 0 Å². The minimum Gasteiger partial charge on any atom is -0.455 e. The number of para-hydroxylation sites is 2. The summed E-state index contributed by atoms with van der Waals surface area (Å²) in [7, 11) is 0. The van der Waals surface area contributed by atoms with Gasteiger partial charge in [0, 0.05) is 49.5 Å². The van der Waals surface area contributed by atoms with E-state index in [-0.39, 0.29) is 0 Å². The molecule has 0 saturated carbocycles. The third-order valence-electron chi connectivity index (χ3n) is 11.9. The maximum Gasteiger partial charge on any atom is 0.164 e. The summed E-state index contributed by atoms with van der Waals surface area (Å²) < 4.78 is 9.22. The molecular formula is C57H36N4O. The van der Waals surface area contributed by atoms with E-state index in [1.54, 1.807) is 0 Å². The van der Waals surface area contributed by atoms with Gasteiger partial charge in [-0.05, 0) is 70.3 Å². The number of hydrogen-bond donors (Lipinski definition) is 0. The van der Waals surface area contributed by atoms with Gasteiger partial charge in [-0.2, -0.15) is 0 Å². The molecule has 0 fully saturated rings. The zero-order valence-corrected chi connectivity index (χ0v) is 33.5.